The summed E-state index contributed by atoms with van der Waals surface area (Å²) < 4.78 is 30.9. The van der Waals surface area contributed by atoms with Crippen molar-refractivity contribution in [3.63, 3.8) is 0 Å². The van der Waals surface area contributed by atoms with Gasteiger partial charge in [-0.15, -0.1) is 0 Å². The van der Waals surface area contributed by atoms with Crippen LogP contribution in [0.25, 0.3) is 10.8 Å². The van der Waals surface area contributed by atoms with Gasteiger partial charge in [-0.3, -0.25) is 0 Å². The minimum Gasteiger partial charge on any atom is -0.489 e. The molecule has 0 aromatic heterocycles. The van der Waals surface area contributed by atoms with E-state index in [2.05, 4.69) is 33.1 Å². The van der Waals surface area contributed by atoms with Crippen LogP contribution in [0.3, 0.4) is 0 Å². The van der Waals surface area contributed by atoms with Gasteiger partial charge in [0.2, 0.25) is 0 Å². The van der Waals surface area contributed by atoms with Gasteiger partial charge in [-0.05, 0) is 50.3 Å². The van der Waals surface area contributed by atoms with Crippen LogP contribution in [0.1, 0.15) is 76.3 Å². The number of carbonyl (C=O) groups excluding carboxylic acids is 2. The van der Waals surface area contributed by atoms with Crippen LogP contribution < -0.4 is 14.2 Å². The maximum Gasteiger partial charge on any atom is 0.330 e. The van der Waals surface area contributed by atoms with Gasteiger partial charge < -0.3 is 23.7 Å². The molecule has 2 unspecified atom stereocenters. The third-order valence-electron chi connectivity index (χ3n) is 8.19. The van der Waals surface area contributed by atoms with E-state index in [1.165, 1.54) is 12.2 Å². The summed E-state index contributed by atoms with van der Waals surface area (Å²) in [5.74, 6) is 2.11. The molecule has 1 aliphatic rings. The molecule has 1 aliphatic carbocycles. The number of ether oxygens (including phenoxy) is 5. The maximum atomic E-state index is 12.2. The molecular formula is C40H48O7. The van der Waals surface area contributed by atoms with E-state index in [-0.39, 0.29) is 13.2 Å². The lowest BCUT2D eigenvalue weighted by Gasteiger charge is -2.27. The van der Waals surface area contributed by atoms with Gasteiger partial charge in [0.25, 0.3) is 0 Å². The van der Waals surface area contributed by atoms with Crippen LogP contribution in [0.5, 0.6) is 17.2 Å². The average molecular weight is 641 g/mol. The van der Waals surface area contributed by atoms with Crippen molar-refractivity contribution in [3.8, 4) is 17.2 Å². The van der Waals surface area contributed by atoms with E-state index in [0.717, 1.165) is 83.4 Å². The summed E-state index contributed by atoms with van der Waals surface area (Å²) in [7, 11) is 0. The van der Waals surface area contributed by atoms with Crippen LogP contribution in [0.4, 0.5) is 0 Å². The first-order valence-electron chi connectivity index (χ1n) is 16.9. The Hall–Kier alpha value is -4.52. The molecule has 0 fully saturated rings. The fourth-order valence-electron chi connectivity index (χ4n) is 5.76. The number of hydrogen-bond acceptors (Lipinski definition) is 7. The van der Waals surface area contributed by atoms with Gasteiger partial charge in [0.15, 0.2) is 0 Å². The summed E-state index contributed by atoms with van der Waals surface area (Å²) in [6.07, 6.45) is 12.1. The number of benzene rings is 3. The molecule has 0 bridgehead atoms. The summed E-state index contributed by atoms with van der Waals surface area (Å²) in [6, 6.07) is 17.7. The van der Waals surface area contributed by atoms with Gasteiger partial charge in [-0.2, -0.15) is 0 Å². The van der Waals surface area contributed by atoms with Crippen molar-refractivity contribution in [1.29, 1.82) is 0 Å². The average Bonchev–Trinajstić information content (AvgIpc) is 3.09. The summed E-state index contributed by atoms with van der Waals surface area (Å²) in [5.41, 5.74) is 1.95. The summed E-state index contributed by atoms with van der Waals surface area (Å²) in [6.45, 7) is 11.8. The van der Waals surface area contributed by atoms with Gasteiger partial charge in [0.1, 0.15) is 48.4 Å². The second-order valence-electron chi connectivity index (χ2n) is 11.8. The molecule has 0 saturated carbocycles. The number of carbonyl (C=O) groups is 2. The minimum absolute atomic E-state index is 0.204. The molecule has 7 nitrogen and oxygen atoms in total. The molecule has 2 atom stereocenters. The molecule has 0 spiro atoms. The zero-order chi connectivity index (χ0) is 33.4. The van der Waals surface area contributed by atoms with Gasteiger partial charge in [-0.25, -0.2) is 9.59 Å². The number of para-hydroxylation sites is 1. The van der Waals surface area contributed by atoms with Crippen molar-refractivity contribution in [1.82, 2.24) is 0 Å². The largest absolute Gasteiger partial charge is 0.489 e. The number of allylic oxidation sites excluding steroid dienone is 2. The molecule has 0 heterocycles. The van der Waals surface area contributed by atoms with E-state index in [0.29, 0.717) is 25.7 Å². The van der Waals surface area contributed by atoms with Crippen molar-refractivity contribution in [2.75, 3.05) is 13.2 Å². The second kappa shape index (κ2) is 18.6. The maximum absolute atomic E-state index is 12.2. The monoisotopic (exact) mass is 640 g/mol. The highest BCUT2D eigenvalue weighted by Gasteiger charge is 2.27. The Kier molecular flexibility index (Phi) is 14.0. The molecule has 0 amide bonds. The van der Waals surface area contributed by atoms with Crippen molar-refractivity contribution in [3.05, 3.63) is 103 Å². The first kappa shape index (κ1) is 35.3. The third-order valence-corrected chi connectivity index (χ3v) is 8.19. The summed E-state index contributed by atoms with van der Waals surface area (Å²) >= 11 is 0. The first-order chi connectivity index (χ1) is 23.0. The lowest BCUT2D eigenvalue weighted by atomic mass is 9.89. The van der Waals surface area contributed by atoms with E-state index < -0.39 is 24.1 Å². The Balaban J connectivity index is 1.71. The standard InChI is InChI=1S/C40H48O7/c1-5-9-12-20-31(46-37(41)7-3)27-43-39-33-22-16-17-23-34(33)40(44-28-32(21-13-10-6-2)47-38(42)8-4)36-26-30(24-25-35(36)39)45-29-18-14-11-15-19-29/h7-8,11,14-19,22-24,31-32H,3-6,9-10,12-13,20-21,25-28H2,1-2H3. The van der Waals surface area contributed by atoms with Crippen LogP contribution >= 0.6 is 0 Å². The molecule has 0 saturated heterocycles. The van der Waals surface area contributed by atoms with E-state index >= 15 is 0 Å². The predicted molar refractivity (Wildman–Crippen MR) is 186 cm³/mol. The number of rotatable bonds is 20. The molecule has 3 aromatic carbocycles. The van der Waals surface area contributed by atoms with E-state index in [9.17, 15) is 9.59 Å². The van der Waals surface area contributed by atoms with Crippen LogP contribution in [-0.2, 0) is 31.9 Å². The molecule has 4 rings (SSSR count). The van der Waals surface area contributed by atoms with Gasteiger partial charge >= 0.3 is 11.9 Å². The molecule has 0 radical (unpaired) electrons. The van der Waals surface area contributed by atoms with Gasteiger partial charge in [0.05, 0.1) is 0 Å². The van der Waals surface area contributed by atoms with Crippen molar-refractivity contribution < 1.29 is 33.3 Å². The Bertz CT molecular complexity index is 1520. The molecular weight excluding hydrogens is 592 g/mol. The minimum atomic E-state index is -0.460. The smallest absolute Gasteiger partial charge is 0.330 e. The van der Waals surface area contributed by atoms with Crippen LogP contribution in [0, 0.1) is 0 Å². The normalized spacial score (nSPS) is 13.4. The van der Waals surface area contributed by atoms with Crippen LogP contribution in [0.15, 0.2) is 91.7 Å². The van der Waals surface area contributed by atoms with Gasteiger partial charge in [0, 0.05) is 40.5 Å². The lowest BCUT2D eigenvalue weighted by Crippen LogP contribution is -2.26. The fraction of sp³-hybridized carbons (Fsp3) is 0.400. The molecule has 250 valence electrons. The third kappa shape index (κ3) is 10.2. The Labute approximate surface area is 279 Å². The zero-order valence-corrected chi connectivity index (χ0v) is 27.8. The highest BCUT2D eigenvalue weighted by atomic mass is 16.6. The fourth-order valence-corrected chi connectivity index (χ4v) is 5.76. The summed E-state index contributed by atoms with van der Waals surface area (Å²) in [5, 5.41) is 1.78. The molecule has 47 heavy (non-hydrogen) atoms. The van der Waals surface area contributed by atoms with Crippen molar-refractivity contribution in [2.45, 2.75) is 90.3 Å². The quantitative estimate of drug-likeness (QED) is 0.0693. The Morgan fingerprint density at radius 2 is 1.23 bits per heavy atom. The van der Waals surface area contributed by atoms with Crippen molar-refractivity contribution >= 4 is 22.7 Å². The highest BCUT2D eigenvalue weighted by Crippen LogP contribution is 2.44. The Morgan fingerprint density at radius 3 is 1.74 bits per heavy atom. The second-order valence-corrected chi connectivity index (χ2v) is 11.8. The van der Waals surface area contributed by atoms with Crippen molar-refractivity contribution in [2.24, 2.45) is 0 Å². The molecule has 7 heteroatoms. The number of hydrogen-bond donors (Lipinski definition) is 0. The summed E-state index contributed by atoms with van der Waals surface area (Å²) in [4.78, 5) is 24.4. The molecule has 0 N–H and O–H groups in total. The van der Waals surface area contributed by atoms with Gasteiger partial charge in [-0.1, -0.05) is 95.2 Å². The molecule has 3 aromatic rings. The van der Waals surface area contributed by atoms with Crippen LogP contribution in [-0.4, -0.2) is 37.4 Å². The topological polar surface area (TPSA) is 80.3 Å². The SMILES string of the molecule is C=CC(=O)OC(CCCCC)COc1c2c(c(OCC(CCCCC)OC(=O)C=C)c3ccccc13)CC(Oc1ccccc1)=CC2. The van der Waals surface area contributed by atoms with Crippen LogP contribution in [0.2, 0.25) is 0 Å². The number of unbranched alkanes of at least 4 members (excludes halogenated alkanes) is 4. The molecule has 0 aliphatic heterocycles. The first-order valence-corrected chi connectivity index (χ1v) is 16.9. The van der Waals surface area contributed by atoms with E-state index in [1.54, 1.807) is 0 Å². The number of fused-ring (bicyclic) bond motifs is 2. The highest BCUT2D eigenvalue weighted by molar-refractivity contribution is 5.96. The van der Waals surface area contributed by atoms with E-state index in [4.69, 9.17) is 23.7 Å². The Morgan fingerprint density at radius 1 is 0.723 bits per heavy atom. The van der Waals surface area contributed by atoms with E-state index in [1.807, 2.05) is 54.6 Å². The lowest BCUT2D eigenvalue weighted by molar-refractivity contribution is -0.145. The zero-order valence-electron chi connectivity index (χ0n) is 27.8. The predicted octanol–water partition coefficient (Wildman–Crippen LogP) is 9.02. The number of esters is 2.